The van der Waals surface area contributed by atoms with E-state index in [1.54, 1.807) is 14.2 Å². The Balaban J connectivity index is 1.67. The number of ether oxygens (including phenoxy) is 5. The van der Waals surface area contributed by atoms with Gasteiger partial charge in [-0.25, -0.2) is 4.79 Å². The number of nitrogens with zero attached hydrogens (tertiary/aromatic N) is 1. The molecule has 1 aliphatic rings. The maximum absolute atomic E-state index is 13.3. The molecule has 288 valence electrons. The summed E-state index contributed by atoms with van der Waals surface area (Å²) in [7, 11) is 0.484. The number of carboxylic acids is 1. The first-order valence-electron chi connectivity index (χ1n) is 17.6. The van der Waals surface area contributed by atoms with Crippen molar-refractivity contribution in [3.8, 4) is 11.5 Å². The number of rotatable bonds is 15. The number of hydrogen-bond donors (Lipinski definition) is 2. The van der Waals surface area contributed by atoms with Crippen LogP contribution in [0.2, 0.25) is 18.1 Å². The summed E-state index contributed by atoms with van der Waals surface area (Å²) >= 11 is 0. The molecule has 5 rings (SSSR count). The molecule has 0 saturated carbocycles. The number of nitrogens with one attached hydrogen (secondary N) is 1. The van der Waals surface area contributed by atoms with Gasteiger partial charge in [-0.05, 0) is 59.1 Å². The third-order valence-electron chi connectivity index (χ3n) is 10.1. The number of H-pyrrole nitrogens is 1. The Morgan fingerprint density at radius 3 is 1.87 bits per heavy atom. The quantitative estimate of drug-likeness (QED) is 0.0877. The van der Waals surface area contributed by atoms with Crippen LogP contribution in [-0.2, 0) is 33.8 Å². The first-order chi connectivity index (χ1) is 25.6. The Morgan fingerprint density at radius 2 is 1.37 bits per heavy atom. The van der Waals surface area contributed by atoms with Crippen LogP contribution in [-0.4, -0.2) is 74.1 Å². The van der Waals surface area contributed by atoms with Crippen LogP contribution in [0.4, 0.5) is 0 Å². The Bertz CT molecular complexity index is 1960. The van der Waals surface area contributed by atoms with Crippen molar-refractivity contribution >= 4 is 20.3 Å². The second kappa shape index (κ2) is 16.6. The third-order valence-corrected chi connectivity index (χ3v) is 14.6. The summed E-state index contributed by atoms with van der Waals surface area (Å²) in [5, 5.41) is 9.01. The molecule has 1 saturated heterocycles. The highest BCUT2D eigenvalue weighted by Crippen LogP contribution is 2.45. The maximum Gasteiger partial charge on any atom is 0.330 e. The van der Waals surface area contributed by atoms with Crippen molar-refractivity contribution in [1.82, 2.24) is 9.55 Å². The lowest BCUT2D eigenvalue weighted by Crippen LogP contribution is -2.51. The molecule has 1 aliphatic heterocycles. The van der Waals surface area contributed by atoms with Crippen LogP contribution in [0.5, 0.6) is 11.5 Å². The van der Waals surface area contributed by atoms with Crippen molar-refractivity contribution < 1.29 is 42.8 Å². The molecular formula is C40H48N2O11Si. The predicted octanol–water partition coefficient (Wildman–Crippen LogP) is 5.63. The minimum Gasteiger partial charge on any atom is -0.497 e. The van der Waals surface area contributed by atoms with Gasteiger partial charge in [0.05, 0.1) is 33.7 Å². The molecule has 2 N–H and O–H groups in total. The lowest BCUT2D eigenvalue weighted by Gasteiger charge is -2.40. The van der Waals surface area contributed by atoms with Crippen molar-refractivity contribution in [2.24, 2.45) is 0 Å². The summed E-state index contributed by atoms with van der Waals surface area (Å²) in [5.74, 6) is -0.660. The molecule has 0 unspecified atom stereocenters. The Morgan fingerprint density at radius 1 is 0.815 bits per heavy atom. The Kier molecular flexibility index (Phi) is 12.3. The number of aromatic amines is 1. The lowest BCUT2D eigenvalue weighted by molar-refractivity contribution is -0.160. The number of esters is 1. The first kappa shape index (κ1) is 40.2. The van der Waals surface area contributed by atoms with E-state index >= 15 is 0 Å². The van der Waals surface area contributed by atoms with Gasteiger partial charge in [0, 0.05) is 12.3 Å². The van der Waals surface area contributed by atoms with Gasteiger partial charge in [-0.2, -0.15) is 0 Å². The van der Waals surface area contributed by atoms with Gasteiger partial charge < -0.3 is 33.2 Å². The molecule has 4 atom stereocenters. The van der Waals surface area contributed by atoms with E-state index < -0.39 is 74.5 Å². The molecule has 0 spiro atoms. The van der Waals surface area contributed by atoms with Crippen molar-refractivity contribution in [1.29, 1.82) is 0 Å². The molecule has 3 aromatic carbocycles. The number of aromatic nitrogens is 2. The van der Waals surface area contributed by atoms with Gasteiger partial charge in [0.1, 0.15) is 29.3 Å². The fraction of sp³-hybridized carbons (Fsp3) is 0.400. The number of aliphatic carboxylic acids is 1. The minimum absolute atomic E-state index is 0.199. The summed E-state index contributed by atoms with van der Waals surface area (Å²) in [6, 6.07) is 25.7. The molecule has 4 aromatic rings. The van der Waals surface area contributed by atoms with Crippen LogP contribution >= 0.6 is 0 Å². The van der Waals surface area contributed by atoms with E-state index in [1.165, 1.54) is 16.8 Å². The molecular weight excluding hydrogens is 713 g/mol. The highest BCUT2D eigenvalue weighted by atomic mass is 28.4. The van der Waals surface area contributed by atoms with Crippen LogP contribution in [0.15, 0.2) is 101 Å². The number of carbonyl (C=O) groups excluding carboxylic acids is 1. The zero-order valence-corrected chi connectivity index (χ0v) is 32.6. The van der Waals surface area contributed by atoms with E-state index in [2.05, 4.69) is 4.98 Å². The zero-order chi connectivity index (χ0) is 39.3. The summed E-state index contributed by atoms with van der Waals surface area (Å²) in [4.78, 5) is 52.4. The zero-order valence-electron chi connectivity index (χ0n) is 31.6. The van der Waals surface area contributed by atoms with Gasteiger partial charge in [-0.15, -0.1) is 0 Å². The van der Waals surface area contributed by atoms with Gasteiger partial charge in [-0.1, -0.05) is 75.4 Å². The molecule has 1 fully saturated rings. The summed E-state index contributed by atoms with van der Waals surface area (Å²) in [5.41, 5.74) is -0.353. The predicted molar refractivity (Wildman–Crippen MR) is 202 cm³/mol. The van der Waals surface area contributed by atoms with E-state index in [1.807, 2.05) is 113 Å². The van der Waals surface area contributed by atoms with Crippen LogP contribution in [0.3, 0.4) is 0 Å². The van der Waals surface area contributed by atoms with Crippen molar-refractivity contribution in [3.63, 3.8) is 0 Å². The monoisotopic (exact) mass is 760 g/mol. The summed E-state index contributed by atoms with van der Waals surface area (Å²) < 4.78 is 38.9. The van der Waals surface area contributed by atoms with Crippen LogP contribution in [0.1, 0.15) is 56.5 Å². The Hall–Kier alpha value is -5.02. The molecule has 14 heteroatoms. The molecule has 54 heavy (non-hydrogen) atoms. The summed E-state index contributed by atoms with van der Waals surface area (Å²) in [6.45, 7) is 9.96. The van der Waals surface area contributed by atoms with Crippen LogP contribution in [0, 0.1) is 0 Å². The van der Waals surface area contributed by atoms with Gasteiger partial charge >= 0.3 is 17.6 Å². The fourth-order valence-electron chi connectivity index (χ4n) is 6.18. The second-order valence-corrected chi connectivity index (χ2v) is 19.3. The number of carbonyl (C=O) groups is 2. The molecule has 1 aromatic heterocycles. The average molecular weight is 761 g/mol. The smallest absolute Gasteiger partial charge is 0.330 e. The molecule has 0 aliphatic carbocycles. The summed E-state index contributed by atoms with van der Waals surface area (Å²) in [6.07, 6.45) is -3.96. The normalized spacial score (nSPS) is 18.9. The van der Waals surface area contributed by atoms with E-state index in [0.29, 0.717) is 11.5 Å². The van der Waals surface area contributed by atoms with E-state index in [0.717, 1.165) is 16.7 Å². The number of methoxy groups -OCH3 is 2. The first-order valence-corrected chi connectivity index (χ1v) is 20.5. The highest BCUT2D eigenvalue weighted by Gasteiger charge is 2.54. The number of carboxylic acid groups (broad SMARTS) is 1. The largest absolute Gasteiger partial charge is 0.497 e. The topological polar surface area (TPSA) is 165 Å². The van der Waals surface area contributed by atoms with E-state index in [4.69, 9.17) is 28.1 Å². The fourth-order valence-corrected chi connectivity index (χ4v) is 7.46. The van der Waals surface area contributed by atoms with E-state index in [9.17, 15) is 24.3 Å². The van der Waals surface area contributed by atoms with Gasteiger partial charge in [0.15, 0.2) is 20.6 Å². The van der Waals surface area contributed by atoms with Crippen molar-refractivity contribution in [2.45, 2.75) is 81.9 Å². The Labute approximate surface area is 314 Å². The SMILES string of the molecule is COc1ccc(C(OC[C@H]2O[C@@H](n3ccc(=O)[nH]c3=O)[C@@H](O[Si](C)(C)C(C)(C)C)[C@H]2OC(=O)CCC(=O)O)(c2ccccc2)c2ccc(OC)cc2)cc1. The second-order valence-electron chi connectivity index (χ2n) is 14.6. The highest BCUT2D eigenvalue weighted by molar-refractivity contribution is 6.74. The van der Waals surface area contributed by atoms with Gasteiger partial charge in [-0.3, -0.25) is 23.9 Å². The third kappa shape index (κ3) is 8.68. The molecule has 2 heterocycles. The molecule has 0 amide bonds. The molecule has 0 radical (unpaired) electrons. The number of benzene rings is 3. The standard InChI is InChI=1S/C40H48N2O11Si/c1-39(2,3)54(6,7)53-36-35(52-34(46)22-21-33(44)45)31(51-37(36)42-24-23-32(43)41-38(42)47)25-50-40(26-11-9-8-10-12-26,27-13-17-29(48-4)18-14-27)28-15-19-30(49-5)20-16-28/h8-20,23-24,31,35-37H,21-22,25H2,1-7H3,(H,44,45)(H,41,43,47)/t31-,35+,36+,37-/m1/s1. The average Bonchev–Trinajstić information content (AvgIpc) is 3.46. The van der Waals surface area contributed by atoms with E-state index in [-0.39, 0.29) is 11.6 Å². The lowest BCUT2D eigenvalue weighted by atomic mass is 9.80. The van der Waals surface area contributed by atoms with Crippen molar-refractivity contribution in [2.75, 3.05) is 20.8 Å². The maximum atomic E-state index is 13.3. The minimum atomic E-state index is -2.68. The van der Waals surface area contributed by atoms with Crippen molar-refractivity contribution in [3.05, 3.63) is 129 Å². The van der Waals surface area contributed by atoms with Gasteiger partial charge in [0.2, 0.25) is 0 Å². The molecule has 0 bridgehead atoms. The van der Waals surface area contributed by atoms with Crippen LogP contribution < -0.4 is 20.7 Å². The van der Waals surface area contributed by atoms with Crippen LogP contribution in [0.25, 0.3) is 0 Å². The molecule has 13 nitrogen and oxygen atoms in total. The van der Waals surface area contributed by atoms with Gasteiger partial charge in [0.25, 0.3) is 5.56 Å². The number of hydrogen-bond acceptors (Lipinski definition) is 10.